The number of carboxylic acids is 1. The van der Waals surface area contributed by atoms with E-state index >= 15 is 0 Å². The SMILES string of the molecule is Cc1cc(S(=O)(=O)Nc2ccccc2C(=O)NC(Cc2ccc(O)cc2)C(=O)O)ccc1OC(=O)C(C)(C)C. The van der Waals surface area contributed by atoms with E-state index in [9.17, 15) is 33.0 Å². The highest BCUT2D eigenvalue weighted by atomic mass is 32.2. The van der Waals surface area contributed by atoms with E-state index in [-0.39, 0.29) is 34.1 Å². The van der Waals surface area contributed by atoms with Crippen molar-refractivity contribution in [2.24, 2.45) is 5.41 Å². The number of anilines is 1. The molecule has 1 atom stereocenters. The highest BCUT2D eigenvalue weighted by molar-refractivity contribution is 7.92. The number of aromatic hydroxyl groups is 1. The molecular formula is C28H30N2O8S. The Hall–Kier alpha value is -4.38. The largest absolute Gasteiger partial charge is 0.508 e. The Balaban J connectivity index is 1.81. The van der Waals surface area contributed by atoms with E-state index < -0.39 is 39.3 Å². The fourth-order valence-corrected chi connectivity index (χ4v) is 4.60. The molecule has 0 saturated carbocycles. The average Bonchev–Trinajstić information content (AvgIpc) is 2.85. The number of aryl methyl sites for hydroxylation is 1. The third kappa shape index (κ3) is 7.57. The van der Waals surface area contributed by atoms with Crippen LogP contribution in [-0.4, -0.2) is 42.5 Å². The van der Waals surface area contributed by atoms with Crippen LogP contribution in [0.4, 0.5) is 5.69 Å². The van der Waals surface area contributed by atoms with Gasteiger partial charge in [-0.15, -0.1) is 0 Å². The molecule has 206 valence electrons. The number of aliphatic carboxylic acids is 1. The van der Waals surface area contributed by atoms with Crippen molar-refractivity contribution in [2.75, 3.05) is 4.72 Å². The van der Waals surface area contributed by atoms with E-state index in [1.165, 1.54) is 66.7 Å². The molecule has 0 aliphatic rings. The van der Waals surface area contributed by atoms with Crippen molar-refractivity contribution in [3.05, 3.63) is 83.4 Å². The van der Waals surface area contributed by atoms with Gasteiger partial charge in [0.1, 0.15) is 17.5 Å². The number of carbonyl (C=O) groups excluding carboxylic acids is 2. The number of sulfonamides is 1. The van der Waals surface area contributed by atoms with E-state index in [1.54, 1.807) is 27.7 Å². The first-order chi connectivity index (χ1) is 18.2. The number of amides is 1. The highest BCUT2D eigenvalue weighted by Gasteiger charge is 2.26. The zero-order valence-corrected chi connectivity index (χ0v) is 22.7. The summed E-state index contributed by atoms with van der Waals surface area (Å²) in [6.45, 7) is 6.71. The van der Waals surface area contributed by atoms with Gasteiger partial charge in [0.2, 0.25) is 0 Å². The second kappa shape index (κ2) is 11.6. The molecule has 11 heteroatoms. The van der Waals surface area contributed by atoms with E-state index in [1.807, 2.05) is 0 Å². The van der Waals surface area contributed by atoms with Crippen molar-refractivity contribution in [2.45, 2.75) is 45.1 Å². The van der Waals surface area contributed by atoms with E-state index in [0.717, 1.165) is 0 Å². The van der Waals surface area contributed by atoms with E-state index in [4.69, 9.17) is 4.74 Å². The van der Waals surface area contributed by atoms with Crippen molar-refractivity contribution in [3.8, 4) is 11.5 Å². The fraction of sp³-hybridized carbons (Fsp3) is 0.250. The van der Waals surface area contributed by atoms with Crippen LogP contribution in [-0.2, 0) is 26.0 Å². The van der Waals surface area contributed by atoms with Crippen LogP contribution in [0.15, 0.2) is 71.6 Å². The Bertz CT molecular complexity index is 1490. The first-order valence-electron chi connectivity index (χ1n) is 11.9. The molecule has 3 aromatic carbocycles. The van der Waals surface area contributed by atoms with Crippen LogP contribution < -0.4 is 14.8 Å². The predicted octanol–water partition coefficient (Wildman–Crippen LogP) is 3.88. The molecule has 0 saturated heterocycles. The number of benzene rings is 3. The maximum absolute atomic E-state index is 13.2. The molecule has 0 radical (unpaired) electrons. The van der Waals surface area contributed by atoms with Gasteiger partial charge in [-0.05, 0) is 81.3 Å². The first-order valence-corrected chi connectivity index (χ1v) is 13.4. The van der Waals surface area contributed by atoms with Crippen LogP contribution in [0.25, 0.3) is 0 Å². The number of phenols is 1. The number of rotatable bonds is 9. The van der Waals surface area contributed by atoms with Gasteiger partial charge in [0, 0.05) is 6.42 Å². The molecule has 0 bridgehead atoms. The second-order valence-corrected chi connectivity index (χ2v) is 11.6. The Morgan fingerprint density at radius 2 is 1.62 bits per heavy atom. The van der Waals surface area contributed by atoms with Crippen molar-refractivity contribution >= 4 is 33.6 Å². The van der Waals surface area contributed by atoms with Gasteiger partial charge in [-0.3, -0.25) is 14.3 Å². The quantitative estimate of drug-likeness (QED) is 0.229. The molecule has 1 unspecified atom stereocenters. The molecular weight excluding hydrogens is 524 g/mol. The molecule has 10 nitrogen and oxygen atoms in total. The number of carbonyl (C=O) groups is 3. The summed E-state index contributed by atoms with van der Waals surface area (Å²) >= 11 is 0. The fourth-order valence-electron chi connectivity index (χ4n) is 3.43. The smallest absolute Gasteiger partial charge is 0.326 e. The van der Waals surface area contributed by atoms with Gasteiger partial charge >= 0.3 is 11.9 Å². The van der Waals surface area contributed by atoms with E-state index in [2.05, 4.69) is 10.0 Å². The van der Waals surface area contributed by atoms with Crippen LogP contribution >= 0.6 is 0 Å². The lowest BCUT2D eigenvalue weighted by Gasteiger charge is -2.18. The molecule has 0 spiro atoms. The van der Waals surface area contributed by atoms with Crippen LogP contribution in [0.3, 0.4) is 0 Å². The van der Waals surface area contributed by atoms with Gasteiger partial charge in [-0.25, -0.2) is 13.2 Å². The molecule has 39 heavy (non-hydrogen) atoms. The highest BCUT2D eigenvalue weighted by Crippen LogP contribution is 2.27. The van der Waals surface area contributed by atoms with Gasteiger partial charge in [0.15, 0.2) is 0 Å². The molecule has 4 N–H and O–H groups in total. The molecule has 3 aromatic rings. The number of hydrogen-bond acceptors (Lipinski definition) is 7. The Kier molecular flexibility index (Phi) is 8.65. The summed E-state index contributed by atoms with van der Waals surface area (Å²) in [6, 6.07) is 14.4. The minimum absolute atomic E-state index is 0.0200. The zero-order chi connectivity index (χ0) is 29.0. The summed E-state index contributed by atoms with van der Waals surface area (Å²) in [5.74, 6) is -2.30. The lowest BCUT2D eigenvalue weighted by atomic mass is 9.97. The average molecular weight is 555 g/mol. The maximum Gasteiger partial charge on any atom is 0.326 e. The number of phenolic OH excluding ortho intramolecular Hbond substituents is 1. The number of esters is 1. The summed E-state index contributed by atoms with van der Waals surface area (Å²) in [5, 5.41) is 21.5. The lowest BCUT2D eigenvalue weighted by Crippen LogP contribution is -2.42. The third-order valence-corrected chi connectivity index (χ3v) is 7.03. The molecule has 0 aliphatic carbocycles. The van der Waals surface area contributed by atoms with Gasteiger partial charge < -0.3 is 20.3 Å². The van der Waals surface area contributed by atoms with Gasteiger partial charge in [-0.2, -0.15) is 0 Å². The normalized spacial score (nSPS) is 12.3. The standard InChI is InChI=1S/C28H30N2O8S/c1-17-15-20(13-14-24(17)38-27(35)28(2,3)4)39(36,37)30-22-8-6-5-7-21(22)25(32)29-23(26(33)34)16-18-9-11-19(31)12-10-18/h5-15,23,30-31H,16H2,1-4H3,(H,29,32)(H,33,34). The summed E-state index contributed by atoms with van der Waals surface area (Å²) in [7, 11) is -4.17. The molecule has 0 heterocycles. The first kappa shape index (κ1) is 29.2. The number of para-hydroxylation sites is 1. The molecule has 0 aliphatic heterocycles. The summed E-state index contributed by atoms with van der Waals surface area (Å²) in [6.07, 6.45) is -0.0549. The van der Waals surface area contributed by atoms with Crippen LogP contribution in [0.2, 0.25) is 0 Å². The topological polar surface area (TPSA) is 159 Å². The van der Waals surface area contributed by atoms with Crippen molar-refractivity contribution in [3.63, 3.8) is 0 Å². The van der Waals surface area contributed by atoms with Gasteiger partial charge in [-0.1, -0.05) is 24.3 Å². The summed E-state index contributed by atoms with van der Waals surface area (Å²) in [4.78, 5) is 36.9. The van der Waals surface area contributed by atoms with Crippen LogP contribution in [0, 0.1) is 12.3 Å². The monoisotopic (exact) mass is 554 g/mol. The second-order valence-electron chi connectivity index (χ2n) is 9.95. The predicted molar refractivity (Wildman–Crippen MR) is 144 cm³/mol. The summed E-state index contributed by atoms with van der Waals surface area (Å²) in [5.41, 5.74) is 0.115. The van der Waals surface area contributed by atoms with E-state index in [0.29, 0.717) is 11.1 Å². The van der Waals surface area contributed by atoms with Crippen LogP contribution in [0.5, 0.6) is 11.5 Å². The van der Waals surface area contributed by atoms with Crippen molar-refractivity contribution in [1.29, 1.82) is 0 Å². The van der Waals surface area contributed by atoms with Crippen molar-refractivity contribution in [1.82, 2.24) is 5.32 Å². The Morgan fingerprint density at radius 1 is 0.974 bits per heavy atom. The molecule has 0 aromatic heterocycles. The molecule has 1 amide bonds. The molecule has 3 rings (SSSR count). The number of hydrogen-bond donors (Lipinski definition) is 4. The van der Waals surface area contributed by atoms with Crippen LogP contribution in [0.1, 0.15) is 42.3 Å². The number of carboxylic acid groups (broad SMARTS) is 1. The zero-order valence-electron chi connectivity index (χ0n) is 21.9. The maximum atomic E-state index is 13.2. The van der Waals surface area contributed by atoms with Gasteiger partial charge in [0.05, 0.1) is 21.6 Å². The molecule has 0 fully saturated rings. The minimum Gasteiger partial charge on any atom is -0.508 e. The summed E-state index contributed by atoms with van der Waals surface area (Å²) < 4.78 is 34.1. The number of ether oxygens (including phenoxy) is 1. The van der Waals surface area contributed by atoms with Gasteiger partial charge in [0.25, 0.3) is 15.9 Å². The lowest BCUT2D eigenvalue weighted by molar-refractivity contribution is -0.143. The Labute approximate surface area is 226 Å². The minimum atomic E-state index is -4.17. The number of nitrogens with one attached hydrogen (secondary N) is 2. The third-order valence-electron chi connectivity index (χ3n) is 5.67. The Morgan fingerprint density at radius 3 is 2.21 bits per heavy atom. The van der Waals surface area contributed by atoms with Crippen molar-refractivity contribution < 1.29 is 37.8 Å².